The van der Waals surface area contributed by atoms with Crippen LogP contribution >= 0.6 is 0 Å². The molecule has 3 aromatic rings. The second-order valence-electron chi connectivity index (χ2n) is 5.48. The van der Waals surface area contributed by atoms with Gasteiger partial charge in [0.05, 0.1) is 5.52 Å². The Labute approximate surface area is 128 Å². The molecule has 1 aliphatic rings. The van der Waals surface area contributed by atoms with Crippen LogP contribution in [0.1, 0.15) is 21.6 Å². The summed E-state index contributed by atoms with van der Waals surface area (Å²) < 4.78 is 0. The molecule has 2 heterocycles. The molecule has 0 fully saturated rings. The van der Waals surface area contributed by atoms with Crippen LogP contribution in [-0.4, -0.2) is 27.3 Å². The summed E-state index contributed by atoms with van der Waals surface area (Å²) in [5, 5.41) is 0.814. The van der Waals surface area contributed by atoms with E-state index in [9.17, 15) is 4.79 Å². The summed E-state index contributed by atoms with van der Waals surface area (Å²) in [6, 6.07) is 15.9. The number of para-hydroxylation sites is 1. The highest BCUT2D eigenvalue weighted by molar-refractivity contribution is 6.04. The summed E-state index contributed by atoms with van der Waals surface area (Å²) in [5.41, 5.74) is 3.85. The van der Waals surface area contributed by atoms with E-state index in [0.29, 0.717) is 12.2 Å². The number of hydrogen-bond donors (Lipinski definition) is 0. The minimum absolute atomic E-state index is 0.0203. The van der Waals surface area contributed by atoms with E-state index >= 15 is 0 Å². The molecular formula is C18H15N3O. The van der Waals surface area contributed by atoms with Crippen molar-refractivity contribution in [1.29, 1.82) is 0 Å². The van der Waals surface area contributed by atoms with Crippen LogP contribution in [0.3, 0.4) is 0 Å². The maximum absolute atomic E-state index is 12.9. The maximum Gasteiger partial charge on any atom is 0.273 e. The highest BCUT2D eigenvalue weighted by Crippen LogP contribution is 2.22. The van der Waals surface area contributed by atoms with Gasteiger partial charge in [0.2, 0.25) is 0 Å². The van der Waals surface area contributed by atoms with E-state index in [1.54, 1.807) is 0 Å². The first-order valence-electron chi connectivity index (χ1n) is 7.39. The Morgan fingerprint density at radius 3 is 2.64 bits per heavy atom. The van der Waals surface area contributed by atoms with E-state index in [1.807, 2.05) is 41.3 Å². The molecule has 22 heavy (non-hydrogen) atoms. The molecule has 4 rings (SSSR count). The van der Waals surface area contributed by atoms with Crippen molar-refractivity contribution in [2.75, 3.05) is 6.54 Å². The van der Waals surface area contributed by atoms with Crippen molar-refractivity contribution in [1.82, 2.24) is 14.9 Å². The van der Waals surface area contributed by atoms with Gasteiger partial charge in [0.25, 0.3) is 5.91 Å². The van der Waals surface area contributed by atoms with Gasteiger partial charge in [-0.2, -0.15) is 0 Å². The van der Waals surface area contributed by atoms with Crippen LogP contribution in [0, 0.1) is 0 Å². The van der Waals surface area contributed by atoms with Crippen LogP contribution in [0.2, 0.25) is 0 Å². The fourth-order valence-corrected chi connectivity index (χ4v) is 2.99. The van der Waals surface area contributed by atoms with Gasteiger partial charge in [-0.1, -0.05) is 42.5 Å². The van der Waals surface area contributed by atoms with E-state index in [2.05, 4.69) is 22.1 Å². The van der Waals surface area contributed by atoms with E-state index in [4.69, 9.17) is 0 Å². The van der Waals surface area contributed by atoms with E-state index in [0.717, 1.165) is 23.9 Å². The highest BCUT2D eigenvalue weighted by Gasteiger charge is 2.23. The summed E-state index contributed by atoms with van der Waals surface area (Å²) in [5.74, 6) is -0.0203. The number of carbonyl (C=O) groups is 1. The predicted octanol–water partition coefficient (Wildman–Crippen LogP) is 2.83. The molecule has 0 unspecified atom stereocenters. The number of amides is 1. The number of aromatic nitrogens is 2. The monoisotopic (exact) mass is 289 g/mol. The van der Waals surface area contributed by atoms with Crippen LogP contribution in [0.5, 0.6) is 0 Å². The van der Waals surface area contributed by atoms with Gasteiger partial charge in [0, 0.05) is 18.5 Å². The Morgan fingerprint density at radius 1 is 0.955 bits per heavy atom. The van der Waals surface area contributed by atoms with Crippen LogP contribution in [-0.2, 0) is 13.0 Å². The number of hydrogen-bond acceptors (Lipinski definition) is 3. The lowest BCUT2D eigenvalue weighted by Gasteiger charge is -2.28. The van der Waals surface area contributed by atoms with Crippen molar-refractivity contribution in [3.8, 4) is 0 Å². The maximum atomic E-state index is 12.9. The smallest absolute Gasteiger partial charge is 0.273 e. The van der Waals surface area contributed by atoms with Crippen molar-refractivity contribution >= 4 is 16.8 Å². The van der Waals surface area contributed by atoms with Gasteiger partial charge in [0.15, 0.2) is 0 Å². The van der Waals surface area contributed by atoms with Crippen molar-refractivity contribution in [3.63, 3.8) is 0 Å². The Balaban J connectivity index is 1.70. The van der Waals surface area contributed by atoms with Crippen LogP contribution < -0.4 is 0 Å². The molecule has 0 saturated heterocycles. The minimum Gasteiger partial charge on any atom is -0.333 e. The summed E-state index contributed by atoms with van der Waals surface area (Å²) in [7, 11) is 0. The van der Waals surface area contributed by atoms with Gasteiger partial charge in [-0.25, -0.2) is 9.97 Å². The normalized spacial score (nSPS) is 13.9. The Kier molecular flexibility index (Phi) is 3.07. The lowest BCUT2D eigenvalue weighted by molar-refractivity contribution is 0.0731. The molecule has 2 aromatic carbocycles. The number of fused-ring (bicyclic) bond motifs is 2. The van der Waals surface area contributed by atoms with Gasteiger partial charge in [-0.15, -0.1) is 0 Å². The SMILES string of the molecule is O=C(c1ncnc2ccccc12)N1CCc2ccccc2C1. The first-order valence-corrected chi connectivity index (χ1v) is 7.39. The molecule has 0 bridgehead atoms. The Bertz CT molecular complexity index is 854. The topological polar surface area (TPSA) is 46.1 Å². The highest BCUT2D eigenvalue weighted by atomic mass is 16.2. The molecule has 0 atom stereocenters. The fourth-order valence-electron chi connectivity index (χ4n) is 2.99. The zero-order chi connectivity index (χ0) is 14.9. The number of nitrogens with zero attached hydrogens (tertiary/aromatic N) is 3. The van der Waals surface area contributed by atoms with Gasteiger partial charge < -0.3 is 4.90 Å². The first kappa shape index (κ1) is 13.0. The second-order valence-corrected chi connectivity index (χ2v) is 5.48. The Morgan fingerprint density at radius 2 is 1.73 bits per heavy atom. The molecule has 1 aromatic heterocycles. The summed E-state index contributed by atoms with van der Waals surface area (Å²) in [6.45, 7) is 1.38. The second kappa shape index (κ2) is 5.22. The molecule has 0 saturated carbocycles. The third kappa shape index (κ3) is 2.13. The van der Waals surface area contributed by atoms with E-state index in [-0.39, 0.29) is 5.91 Å². The van der Waals surface area contributed by atoms with Crippen molar-refractivity contribution < 1.29 is 4.79 Å². The van der Waals surface area contributed by atoms with E-state index in [1.165, 1.54) is 17.5 Å². The number of carbonyl (C=O) groups excluding carboxylic acids is 1. The lowest BCUT2D eigenvalue weighted by Crippen LogP contribution is -2.36. The number of rotatable bonds is 1. The van der Waals surface area contributed by atoms with Crippen molar-refractivity contribution in [3.05, 3.63) is 71.7 Å². The van der Waals surface area contributed by atoms with Crippen LogP contribution in [0.15, 0.2) is 54.9 Å². The molecule has 1 aliphatic heterocycles. The minimum atomic E-state index is -0.0203. The van der Waals surface area contributed by atoms with E-state index < -0.39 is 0 Å². The van der Waals surface area contributed by atoms with Gasteiger partial charge in [-0.3, -0.25) is 4.79 Å². The molecule has 0 spiro atoms. The molecule has 4 heteroatoms. The first-order chi connectivity index (χ1) is 10.8. The quantitative estimate of drug-likeness (QED) is 0.692. The van der Waals surface area contributed by atoms with Gasteiger partial charge in [0.1, 0.15) is 12.0 Å². The molecule has 108 valence electrons. The molecular weight excluding hydrogens is 274 g/mol. The zero-order valence-electron chi connectivity index (χ0n) is 12.1. The van der Waals surface area contributed by atoms with Crippen molar-refractivity contribution in [2.45, 2.75) is 13.0 Å². The summed E-state index contributed by atoms with van der Waals surface area (Å²) in [6.07, 6.45) is 2.36. The van der Waals surface area contributed by atoms with Crippen molar-refractivity contribution in [2.24, 2.45) is 0 Å². The average molecular weight is 289 g/mol. The number of benzene rings is 2. The summed E-state index contributed by atoms with van der Waals surface area (Å²) >= 11 is 0. The molecule has 0 radical (unpaired) electrons. The summed E-state index contributed by atoms with van der Waals surface area (Å²) in [4.78, 5) is 23.2. The molecule has 0 aliphatic carbocycles. The molecule has 1 amide bonds. The molecule has 0 N–H and O–H groups in total. The lowest BCUT2D eigenvalue weighted by atomic mass is 9.99. The Hall–Kier alpha value is -2.75. The standard InChI is InChI=1S/C18H15N3O/c22-18(17-15-7-3-4-8-16(15)19-12-20-17)21-10-9-13-5-1-2-6-14(13)11-21/h1-8,12H,9-11H2. The third-order valence-electron chi connectivity index (χ3n) is 4.16. The van der Waals surface area contributed by atoms with Gasteiger partial charge >= 0.3 is 0 Å². The predicted molar refractivity (Wildman–Crippen MR) is 84.4 cm³/mol. The molecule has 4 nitrogen and oxygen atoms in total. The fraction of sp³-hybridized carbons (Fsp3) is 0.167. The zero-order valence-corrected chi connectivity index (χ0v) is 12.1. The van der Waals surface area contributed by atoms with Crippen LogP contribution in [0.4, 0.5) is 0 Å². The average Bonchev–Trinajstić information content (AvgIpc) is 2.60. The third-order valence-corrected chi connectivity index (χ3v) is 4.16. The largest absolute Gasteiger partial charge is 0.333 e. The van der Waals surface area contributed by atoms with Crippen LogP contribution in [0.25, 0.3) is 10.9 Å². The van der Waals surface area contributed by atoms with Gasteiger partial charge in [-0.05, 0) is 23.6 Å².